The molecule has 1 atom stereocenters. The van der Waals surface area contributed by atoms with E-state index >= 15 is 0 Å². The van der Waals surface area contributed by atoms with Gasteiger partial charge in [0.2, 0.25) is 0 Å². The Morgan fingerprint density at radius 2 is 2.00 bits per heavy atom. The molecule has 1 saturated carbocycles. The Labute approximate surface area is 223 Å². The van der Waals surface area contributed by atoms with Crippen molar-refractivity contribution >= 4 is 46.7 Å². The number of carbonyl (C=O) groups is 2. The van der Waals surface area contributed by atoms with E-state index in [2.05, 4.69) is 23.2 Å². The fourth-order valence-electron chi connectivity index (χ4n) is 4.35. The lowest BCUT2D eigenvalue weighted by molar-refractivity contribution is -0.733. The van der Waals surface area contributed by atoms with Crippen LogP contribution in [0.15, 0.2) is 48.8 Å². The van der Waals surface area contributed by atoms with E-state index in [1.807, 2.05) is 53.0 Å². The molecule has 35 heavy (non-hydrogen) atoms. The molecule has 0 bridgehead atoms. The number of hydrogen-bond donors (Lipinski definition) is 1. The van der Waals surface area contributed by atoms with E-state index < -0.39 is 5.54 Å². The number of ketones is 1. The van der Waals surface area contributed by atoms with Crippen LogP contribution in [-0.2, 0) is 21.8 Å². The van der Waals surface area contributed by atoms with Gasteiger partial charge < -0.3 is 10.1 Å². The van der Waals surface area contributed by atoms with Crippen LogP contribution in [0.3, 0.4) is 0 Å². The van der Waals surface area contributed by atoms with Crippen LogP contribution >= 0.6 is 35.0 Å². The van der Waals surface area contributed by atoms with E-state index in [4.69, 9.17) is 16.3 Å². The molecule has 192 valence electrons. The van der Waals surface area contributed by atoms with Crippen molar-refractivity contribution in [1.82, 2.24) is 10.2 Å². The minimum absolute atomic E-state index is 0.0898. The number of hydrogen-bond acceptors (Lipinski definition) is 5. The second-order valence-electron chi connectivity index (χ2n) is 8.34. The third kappa shape index (κ3) is 7.92. The Morgan fingerprint density at radius 1 is 1.23 bits per heavy atom. The number of ether oxygens (including phenoxy) is 1. The van der Waals surface area contributed by atoms with Gasteiger partial charge in [0.1, 0.15) is 17.8 Å². The van der Waals surface area contributed by atoms with Crippen molar-refractivity contribution in [3.05, 3.63) is 64.9 Å². The zero-order valence-electron chi connectivity index (χ0n) is 20.8. The lowest BCUT2D eigenvalue weighted by Gasteiger charge is -2.43. The van der Waals surface area contributed by atoms with Gasteiger partial charge in [0.25, 0.3) is 12.6 Å². The molecule has 1 aromatic carbocycles. The van der Waals surface area contributed by atoms with E-state index in [1.54, 1.807) is 24.0 Å². The number of likely N-dealkylation sites (N-methyl/N-ethyl adjacent to an activating group) is 1. The Hall–Kier alpha value is -1.64. The molecule has 0 aliphatic heterocycles. The third-order valence-electron chi connectivity index (χ3n) is 6.08. The second-order valence-corrected chi connectivity index (χ2v) is 9.73. The van der Waals surface area contributed by atoms with Gasteiger partial charge in [-0.05, 0) is 56.0 Å². The van der Waals surface area contributed by atoms with Crippen LogP contribution in [-0.4, -0.2) is 55.3 Å². The van der Waals surface area contributed by atoms with Gasteiger partial charge in [0, 0.05) is 30.4 Å². The molecule has 1 aliphatic carbocycles. The number of benzene rings is 1. The molecule has 9 heteroatoms. The first-order chi connectivity index (χ1) is 17.0. The highest BCUT2D eigenvalue weighted by atomic mass is 35.5. The van der Waals surface area contributed by atoms with Crippen molar-refractivity contribution in [1.29, 1.82) is 0 Å². The van der Waals surface area contributed by atoms with E-state index in [1.165, 1.54) is 6.38 Å². The fraction of sp³-hybridized carbons (Fsp3) is 0.500. The van der Waals surface area contributed by atoms with Crippen molar-refractivity contribution in [3.63, 3.8) is 0 Å². The van der Waals surface area contributed by atoms with Gasteiger partial charge in [-0.15, -0.1) is 11.6 Å². The number of aromatic nitrogens is 1. The normalized spacial score (nSPS) is 17.6. The standard InChI is InChI=1S/C25H32ClN3O3S.CH3Cl/c1-28(25(13-6-5-12-23(25)30)21-10-3-4-11-22(21)26)18-32-19-29-15-7-9-20(17-29)24(31)27-14-8-16-33-2;1-2/h3-4,7,9-11,15,17H,5-6,8,12-14,16,18-19H2,1-2H3;1H3/p+1. The number of alkyl halides is 1. The summed E-state index contributed by atoms with van der Waals surface area (Å²) in [6.45, 7) is 1.19. The Morgan fingerprint density at radius 3 is 2.71 bits per heavy atom. The van der Waals surface area contributed by atoms with Crippen molar-refractivity contribution in [2.45, 2.75) is 44.4 Å². The number of thioether (sulfide) groups is 1. The first-order valence-corrected chi connectivity index (χ1v) is 14.2. The largest absolute Gasteiger partial charge is 0.352 e. The number of carbonyl (C=O) groups excluding carboxylic acids is 2. The molecule has 0 spiro atoms. The van der Waals surface area contributed by atoms with Crippen molar-refractivity contribution in [2.75, 3.05) is 38.7 Å². The van der Waals surface area contributed by atoms with Crippen LogP contribution in [0, 0.1) is 0 Å². The van der Waals surface area contributed by atoms with Gasteiger partial charge in [-0.2, -0.15) is 16.3 Å². The third-order valence-corrected chi connectivity index (χ3v) is 7.11. The number of nitrogens with zero attached hydrogens (tertiary/aromatic N) is 2. The SMILES string of the molecule is CCl.CSCCCNC(=O)c1ccc[n+](COCN(C)C2(c3ccccc3Cl)CCCCC2=O)c1. The lowest BCUT2D eigenvalue weighted by Crippen LogP contribution is -2.53. The predicted molar refractivity (Wildman–Crippen MR) is 144 cm³/mol. The molecule has 0 saturated heterocycles. The summed E-state index contributed by atoms with van der Waals surface area (Å²) in [7, 11) is 1.91. The fourth-order valence-corrected chi connectivity index (χ4v) is 5.08. The van der Waals surface area contributed by atoms with Crippen molar-refractivity contribution < 1.29 is 18.9 Å². The van der Waals surface area contributed by atoms with Crippen molar-refractivity contribution in [2.24, 2.45) is 0 Å². The number of Topliss-reactive ketones (excluding diaryl/α,β-unsaturated/α-hetero) is 1. The summed E-state index contributed by atoms with van der Waals surface area (Å²) in [5.74, 6) is 1.11. The molecule has 1 N–H and O–H groups in total. The quantitative estimate of drug-likeness (QED) is 0.191. The molecule has 1 unspecified atom stereocenters. The molecular weight excluding hydrogens is 505 g/mol. The summed E-state index contributed by atoms with van der Waals surface area (Å²) in [4.78, 5) is 27.5. The van der Waals surface area contributed by atoms with Gasteiger partial charge >= 0.3 is 0 Å². The Balaban J connectivity index is 0.00000210. The highest BCUT2D eigenvalue weighted by Gasteiger charge is 2.46. The van der Waals surface area contributed by atoms with Gasteiger partial charge in [0.15, 0.2) is 18.2 Å². The molecule has 3 rings (SSSR count). The minimum Gasteiger partial charge on any atom is -0.352 e. The van der Waals surface area contributed by atoms with E-state index in [0.29, 0.717) is 23.6 Å². The van der Waals surface area contributed by atoms with Crippen LogP contribution in [0.4, 0.5) is 0 Å². The summed E-state index contributed by atoms with van der Waals surface area (Å²) < 4.78 is 7.81. The number of pyridine rings is 1. The summed E-state index contributed by atoms with van der Waals surface area (Å²) in [5.41, 5.74) is 0.656. The number of rotatable bonds is 11. The summed E-state index contributed by atoms with van der Waals surface area (Å²) in [6, 6.07) is 11.2. The number of halogens is 2. The minimum atomic E-state index is -0.778. The van der Waals surface area contributed by atoms with Crippen LogP contribution < -0.4 is 9.88 Å². The molecule has 0 radical (unpaired) electrons. The smallest absolute Gasteiger partial charge is 0.257 e. The Bertz CT molecular complexity index is 963. The lowest BCUT2D eigenvalue weighted by atomic mass is 9.74. The average molecular weight is 542 g/mol. The van der Waals surface area contributed by atoms with E-state index in [-0.39, 0.29) is 25.2 Å². The predicted octanol–water partition coefficient (Wildman–Crippen LogP) is 4.87. The molecule has 1 aromatic heterocycles. The van der Waals surface area contributed by atoms with Crippen LogP contribution in [0.2, 0.25) is 5.02 Å². The zero-order chi connectivity index (χ0) is 25.7. The maximum absolute atomic E-state index is 13.2. The monoisotopic (exact) mass is 540 g/mol. The maximum atomic E-state index is 13.2. The Kier molecular flexibility index (Phi) is 13.1. The summed E-state index contributed by atoms with van der Waals surface area (Å²) in [5, 5.41) is 3.55. The second kappa shape index (κ2) is 15.5. The molecule has 1 aliphatic rings. The molecular formula is C26H36Cl2N3O3S+. The summed E-state index contributed by atoms with van der Waals surface area (Å²) >= 11 is 12.9. The van der Waals surface area contributed by atoms with Gasteiger partial charge in [-0.25, -0.2) is 0 Å². The maximum Gasteiger partial charge on any atom is 0.257 e. The van der Waals surface area contributed by atoms with Crippen molar-refractivity contribution in [3.8, 4) is 0 Å². The highest BCUT2D eigenvalue weighted by Crippen LogP contribution is 2.42. The topological polar surface area (TPSA) is 62.5 Å². The van der Waals surface area contributed by atoms with Gasteiger partial charge in [0.05, 0.1) is 0 Å². The summed E-state index contributed by atoms with van der Waals surface area (Å²) in [6.07, 6.45) is 11.2. The van der Waals surface area contributed by atoms with Gasteiger partial charge in [-0.3, -0.25) is 14.5 Å². The first-order valence-electron chi connectivity index (χ1n) is 11.7. The van der Waals surface area contributed by atoms with E-state index in [0.717, 1.165) is 37.0 Å². The number of nitrogens with one attached hydrogen (secondary N) is 1. The van der Waals surface area contributed by atoms with Crippen LogP contribution in [0.25, 0.3) is 0 Å². The van der Waals surface area contributed by atoms with E-state index in [9.17, 15) is 9.59 Å². The molecule has 1 fully saturated rings. The average Bonchev–Trinajstić information content (AvgIpc) is 2.88. The molecule has 1 amide bonds. The first kappa shape index (κ1) is 29.6. The van der Waals surface area contributed by atoms with Gasteiger partial charge in [-0.1, -0.05) is 36.2 Å². The zero-order valence-corrected chi connectivity index (χ0v) is 23.1. The van der Waals surface area contributed by atoms with Crippen LogP contribution in [0.1, 0.15) is 48.0 Å². The molecule has 6 nitrogen and oxygen atoms in total. The molecule has 2 aromatic rings. The number of amides is 1. The molecule has 1 heterocycles. The van der Waals surface area contributed by atoms with Crippen LogP contribution in [0.5, 0.6) is 0 Å². The highest BCUT2D eigenvalue weighted by molar-refractivity contribution is 7.98.